The van der Waals surface area contributed by atoms with Crippen LogP contribution in [0, 0.1) is 0 Å². The van der Waals surface area contributed by atoms with E-state index in [9.17, 15) is 19.5 Å². The zero-order chi connectivity index (χ0) is 21.8. The van der Waals surface area contributed by atoms with Gasteiger partial charge in [0.1, 0.15) is 23.5 Å². The van der Waals surface area contributed by atoms with Crippen molar-refractivity contribution in [2.24, 2.45) is 7.05 Å². The van der Waals surface area contributed by atoms with Crippen molar-refractivity contribution in [3.05, 3.63) is 30.0 Å². The second-order valence-electron chi connectivity index (χ2n) is 7.35. The predicted octanol–water partition coefficient (Wildman–Crippen LogP) is 2.11. The number of ether oxygens (including phenoxy) is 1. The molecule has 2 N–H and O–H groups in total. The zero-order valence-corrected chi connectivity index (χ0v) is 18.2. The number of methoxy groups -OCH3 is 1. The number of carboxylic acid groups (broad SMARTS) is 1. The molecule has 0 saturated carbocycles. The number of benzene rings is 1. The molecule has 2 heterocycles. The number of carbonyl (C=O) groups excluding carboxylic acids is 2. The van der Waals surface area contributed by atoms with Crippen LogP contribution in [0.25, 0.3) is 10.9 Å². The quantitative estimate of drug-likeness (QED) is 0.661. The first-order valence-corrected chi connectivity index (χ1v) is 11.2. The summed E-state index contributed by atoms with van der Waals surface area (Å²) in [5, 5.41) is 13.1. The molecule has 1 saturated heterocycles. The lowest BCUT2D eigenvalue weighted by molar-refractivity contribution is -0.148. The molecule has 0 radical (unpaired) electrons. The minimum absolute atomic E-state index is 0.331. The van der Waals surface area contributed by atoms with Crippen LogP contribution in [0.5, 0.6) is 5.75 Å². The summed E-state index contributed by atoms with van der Waals surface area (Å²) in [6, 6.07) is 5.73. The van der Waals surface area contributed by atoms with Crippen molar-refractivity contribution in [3.63, 3.8) is 0 Å². The molecule has 1 aromatic carbocycles. The molecule has 1 aliphatic heterocycles. The highest BCUT2D eigenvalue weighted by Crippen LogP contribution is 2.24. The maximum absolute atomic E-state index is 13.1. The second kappa shape index (κ2) is 9.42. The average Bonchev–Trinajstić information content (AvgIpc) is 3.35. The third-order valence-corrected chi connectivity index (χ3v) is 6.16. The number of aryl methyl sites for hydroxylation is 1. The molecule has 0 bridgehead atoms. The van der Waals surface area contributed by atoms with E-state index in [2.05, 4.69) is 5.32 Å². The summed E-state index contributed by atoms with van der Waals surface area (Å²) in [5.41, 5.74) is 1.30. The Kier molecular flexibility index (Phi) is 6.91. The molecule has 3 rings (SSSR count). The molecule has 162 valence electrons. The number of likely N-dealkylation sites (tertiary alicyclic amines) is 1. The van der Waals surface area contributed by atoms with Crippen LogP contribution in [0.2, 0.25) is 0 Å². The number of hydrogen-bond donors (Lipinski definition) is 2. The standard InChI is InChI=1S/C21H27N3O5S/c1-23-16-7-6-14(29-2)11-13(16)12-18(23)19(25)22-15(8-10-30-3)20(26)24-9-4-5-17(24)21(27)28/h6-7,11-12,15,17H,4-5,8-10H2,1-3H3,(H,22,25)(H,27,28)/t15-,17-/m0/s1. The number of carboxylic acids is 1. The summed E-state index contributed by atoms with van der Waals surface area (Å²) in [6.45, 7) is 0.398. The van der Waals surface area contributed by atoms with E-state index in [-0.39, 0.29) is 11.8 Å². The van der Waals surface area contributed by atoms with Crippen LogP contribution in [0.3, 0.4) is 0 Å². The van der Waals surface area contributed by atoms with Gasteiger partial charge in [0.2, 0.25) is 5.91 Å². The largest absolute Gasteiger partial charge is 0.497 e. The van der Waals surface area contributed by atoms with Gasteiger partial charge in [-0.15, -0.1) is 0 Å². The van der Waals surface area contributed by atoms with Gasteiger partial charge in [-0.3, -0.25) is 9.59 Å². The summed E-state index contributed by atoms with van der Waals surface area (Å²) in [7, 11) is 3.38. The number of rotatable bonds is 8. The number of amides is 2. The van der Waals surface area contributed by atoms with E-state index in [1.807, 2.05) is 24.5 Å². The summed E-state index contributed by atoms with van der Waals surface area (Å²) < 4.78 is 7.02. The Balaban J connectivity index is 1.83. The summed E-state index contributed by atoms with van der Waals surface area (Å²) in [4.78, 5) is 39.0. The minimum Gasteiger partial charge on any atom is -0.497 e. The van der Waals surface area contributed by atoms with Gasteiger partial charge in [-0.05, 0) is 55.5 Å². The van der Waals surface area contributed by atoms with Crippen LogP contribution in [0.15, 0.2) is 24.3 Å². The van der Waals surface area contributed by atoms with Gasteiger partial charge in [-0.1, -0.05) is 0 Å². The maximum Gasteiger partial charge on any atom is 0.326 e. The number of carbonyl (C=O) groups is 3. The van der Waals surface area contributed by atoms with Gasteiger partial charge in [0.25, 0.3) is 5.91 Å². The van der Waals surface area contributed by atoms with Crippen molar-refractivity contribution >= 4 is 40.4 Å². The molecule has 2 amide bonds. The number of aliphatic carboxylic acids is 1. The Morgan fingerprint density at radius 2 is 2.10 bits per heavy atom. The van der Waals surface area contributed by atoms with Crippen molar-refractivity contribution in [1.82, 2.24) is 14.8 Å². The minimum atomic E-state index is -1.00. The molecular formula is C21H27N3O5S. The van der Waals surface area contributed by atoms with E-state index in [1.165, 1.54) is 4.90 Å². The van der Waals surface area contributed by atoms with Gasteiger partial charge in [0.15, 0.2) is 0 Å². The van der Waals surface area contributed by atoms with Crippen LogP contribution >= 0.6 is 11.8 Å². The number of thioether (sulfide) groups is 1. The third kappa shape index (κ3) is 4.40. The fraction of sp³-hybridized carbons (Fsp3) is 0.476. The van der Waals surface area contributed by atoms with Crippen LogP contribution in [0.4, 0.5) is 0 Å². The summed E-state index contributed by atoms with van der Waals surface area (Å²) in [5.74, 6) is -0.324. The molecule has 1 fully saturated rings. The second-order valence-corrected chi connectivity index (χ2v) is 8.33. The Hall–Kier alpha value is -2.68. The van der Waals surface area contributed by atoms with Crippen LogP contribution < -0.4 is 10.1 Å². The Morgan fingerprint density at radius 3 is 2.77 bits per heavy atom. The summed E-state index contributed by atoms with van der Waals surface area (Å²) >= 11 is 1.57. The Morgan fingerprint density at radius 1 is 1.33 bits per heavy atom. The number of fused-ring (bicyclic) bond motifs is 1. The molecule has 0 aliphatic carbocycles. The lowest BCUT2D eigenvalue weighted by atomic mass is 10.1. The van der Waals surface area contributed by atoms with Gasteiger partial charge in [0, 0.05) is 24.5 Å². The van der Waals surface area contributed by atoms with Gasteiger partial charge < -0.3 is 24.6 Å². The summed E-state index contributed by atoms with van der Waals surface area (Å²) in [6.07, 6.45) is 3.45. The molecular weight excluding hydrogens is 406 g/mol. The van der Waals surface area contributed by atoms with Crippen molar-refractivity contribution in [2.75, 3.05) is 25.7 Å². The first-order chi connectivity index (χ1) is 14.4. The van der Waals surface area contributed by atoms with Crippen LogP contribution in [-0.4, -0.2) is 70.1 Å². The number of nitrogens with zero attached hydrogens (tertiary/aromatic N) is 2. The van der Waals surface area contributed by atoms with Gasteiger partial charge in [-0.25, -0.2) is 4.79 Å². The monoisotopic (exact) mass is 433 g/mol. The van der Waals surface area contributed by atoms with Gasteiger partial charge in [0.05, 0.1) is 7.11 Å². The average molecular weight is 434 g/mol. The fourth-order valence-corrected chi connectivity index (χ4v) is 4.36. The molecule has 1 aromatic heterocycles. The van der Waals surface area contributed by atoms with E-state index < -0.39 is 18.1 Å². The Bertz CT molecular complexity index is 958. The lowest BCUT2D eigenvalue weighted by Gasteiger charge is -2.27. The zero-order valence-electron chi connectivity index (χ0n) is 17.4. The van der Waals surface area contributed by atoms with E-state index in [1.54, 1.807) is 36.6 Å². The third-order valence-electron chi connectivity index (χ3n) is 5.52. The maximum atomic E-state index is 13.1. The highest BCUT2D eigenvalue weighted by molar-refractivity contribution is 7.98. The molecule has 2 atom stereocenters. The van der Waals surface area contributed by atoms with Crippen LogP contribution in [-0.2, 0) is 16.6 Å². The van der Waals surface area contributed by atoms with E-state index in [0.29, 0.717) is 43.0 Å². The van der Waals surface area contributed by atoms with E-state index >= 15 is 0 Å². The first kappa shape index (κ1) is 22.0. The number of nitrogens with one attached hydrogen (secondary N) is 1. The van der Waals surface area contributed by atoms with E-state index in [0.717, 1.165) is 10.9 Å². The van der Waals surface area contributed by atoms with Crippen molar-refractivity contribution in [2.45, 2.75) is 31.3 Å². The smallest absolute Gasteiger partial charge is 0.326 e. The molecule has 0 spiro atoms. The first-order valence-electron chi connectivity index (χ1n) is 9.84. The molecule has 0 unspecified atom stereocenters. The molecule has 9 heteroatoms. The molecule has 30 heavy (non-hydrogen) atoms. The number of aromatic nitrogens is 1. The Labute approximate surface area is 179 Å². The highest BCUT2D eigenvalue weighted by Gasteiger charge is 2.37. The molecule has 1 aliphatic rings. The molecule has 2 aromatic rings. The highest BCUT2D eigenvalue weighted by atomic mass is 32.2. The number of hydrogen-bond acceptors (Lipinski definition) is 5. The SMILES string of the molecule is COc1ccc2c(c1)cc(C(=O)N[C@@H](CCSC)C(=O)N1CCC[C@H]1C(=O)O)n2C. The van der Waals surface area contributed by atoms with Crippen LogP contribution in [0.1, 0.15) is 29.8 Å². The van der Waals surface area contributed by atoms with Crippen molar-refractivity contribution < 1.29 is 24.2 Å². The van der Waals surface area contributed by atoms with Gasteiger partial charge >= 0.3 is 5.97 Å². The molecule has 8 nitrogen and oxygen atoms in total. The normalized spacial score (nSPS) is 17.2. The fourth-order valence-electron chi connectivity index (χ4n) is 3.89. The van der Waals surface area contributed by atoms with Gasteiger partial charge in [-0.2, -0.15) is 11.8 Å². The predicted molar refractivity (Wildman–Crippen MR) is 116 cm³/mol. The van der Waals surface area contributed by atoms with E-state index in [4.69, 9.17) is 4.74 Å². The topological polar surface area (TPSA) is 101 Å². The van der Waals surface area contributed by atoms with Crippen molar-refractivity contribution in [3.8, 4) is 5.75 Å². The van der Waals surface area contributed by atoms with Crippen molar-refractivity contribution in [1.29, 1.82) is 0 Å². The lowest BCUT2D eigenvalue weighted by Crippen LogP contribution is -2.52.